The van der Waals surface area contributed by atoms with Crippen molar-refractivity contribution >= 4 is 34.6 Å². The van der Waals surface area contributed by atoms with Crippen molar-refractivity contribution in [2.75, 3.05) is 6.54 Å². The Balaban J connectivity index is 2.67. The van der Waals surface area contributed by atoms with Crippen LogP contribution in [0.5, 0.6) is 0 Å². The van der Waals surface area contributed by atoms with Crippen LogP contribution in [0.4, 0.5) is 0 Å². The van der Waals surface area contributed by atoms with E-state index in [1.807, 2.05) is 11.4 Å². The lowest BCUT2D eigenvalue weighted by Crippen LogP contribution is -2.45. The van der Waals surface area contributed by atoms with Gasteiger partial charge < -0.3 is 15.3 Å². The minimum absolute atomic E-state index is 0.140. The molecule has 0 aliphatic carbocycles. The monoisotopic (exact) mass is 300 g/mol. The van der Waals surface area contributed by atoms with Gasteiger partial charge in [-0.05, 0) is 37.0 Å². The van der Waals surface area contributed by atoms with Crippen molar-refractivity contribution in [3.8, 4) is 0 Å². The number of carboxylic acid groups (broad SMARTS) is 1. The van der Waals surface area contributed by atoms with Crippen LogP contribution in [0, 0.1) is 0 Å². The molecule has 4 nitrogen and oxygen atoms in total. The molecule has 0 radical (unpaired) electrons. The maximum Gasteiger partial charge on any atom is 0.322 e. The Kier molecular flexibility index (Phi) is 6.80. The third kappa shape index (κ3) is 5.57. The summed E-state index contributed by atoms with van der Waals surface area (Å²) in [5, 5.41) is 14.0. The SMILES string of the molecule is CCCC(C)N(Cc1cccs1)C(=S)NCC(=O)O. The van der Waals surface area contributed by atoms with Crippen molar-refractivity contribution < 1.29 is 9.90 Å². The number of carbonyl (C=O) groups is 1. The van der Waals surface area contributed by atoms with Gasteiger partial charge >= 0.3 is 5.97 Å². The average Bonchev–Trinajstić information content (AvgIpc) is 2.86. The molecule has 1 rings (SSSR count). The van der Waals surface area contributed by atoms with E-state index in [2.05, 4.69) is 30.1 Å². The van der Waals surface area contributed by atoms with Gasteiger partial charge in [0.15, 0.2) is 5.11 Å². The molecule has 1 heterocycles. The largest absolute Gasteiger partial charge is 0.480 e. The molecule has 0 aliphatic rings. The molecule has 0 spiro atoms. The topological polar surface area (TPSA) is 52.6 Å². The smallest absolute Gasteiger partial charge is 0.322 e. The van der Waals surface area contributed by atoms with Gasteiger partial charge in [0.2, 0.25) is 0 Å². The number of hydrogen-bond acceptors (Lipinski definition) is 3. The van der Waals surface area contributed by atoms with Crippen molar-refractivity contribution in [2.45, 2.75) is 39.3 Å². The zero-order valence-corrected chi connectivity index (χ0v) is 12.9. The van der Waals surface area contributed by atoms with Crippen molar-refractivity contribution in [3.05, 3.63) is 22.4 Å². The van der Waals surface area contributed by atoms with E-state index in [0.29, 0.717) is 11.2 Å². The van der Waals surface area contributed by atoms with Gasteiger partial charge in [0.25, 0.3) is 0 Å². The number of thiophene rings is 1. The van der Waals surface area contributed by atoms with E-state index < -0.39 is 5.97 Å². The second kappa shape index (κ2) is 8.12. The third-order valence-electron chi connectivity index (χ3n) is 2.80. The second-order valence-electron chi connectivity index (χ2n) is 4.40. The van der Waals surface area contributed by atoms with E-state index in [-0.39, 0.29) is 6.54 Å². The maximum absolute atomic E-state index is 10.6. The Morgan fingerprint density at radius 3 is 2.89 bits per heavy atom. The van der Waals surface area contributed by atoms with E-state index in [4.69, 9.17) is 17.3 Å². The van der Waals surface area contributed by atoms with Crippen molar-refractivity contribution in [3.63, 3.8) is 0 Å². The van der Waals surface area contributed by atoms with Gasteiger partial charge in [-0.25, -0.2) is 0 Å². The van der Waals surface area contributed by atoms with Crippen LogP contribution in [0.15, 0.2) is 17.5 Å². The van der Waals surface area contributed by atoms with Crippen LogP contribution in [0.25, 0.3) is 0 Å². The molecule has 1 atom stereocenters. The molecule has 0 amide bonds. The lowest BCUT2D eigenvalue weighted by atomic mass is 10.1. The summed E-state index contributed by atoms with van der Waals surface area (Å²) in [6, 6.07) is 4.37. The van der Waals surface area contributed by atoms with Crippen LogP contribution in [0.3, 0.4) is 0 Å². The first-order chi connectivity index (χ1) is 9.04. The first kappa shape index (κ1) is 15.9. The molecule has 106 valence electrons. The number of thiocarbonyl (C=S) groups is 1. The maximum atomic E-state index is 10.6. The molecule has 0 aliphatic heterocycles. The van der Waals surface area contributed by atoms with Crippen LogP contribution in [-0.4, -0.2) is 33.7 Å². The van der Waals surface area contributed by atoms with E-state index in [1.165, 1.54) is 4.88 Å². The summed E-state index contributed by atoms with van der Waals surface area (Å²) < 4.78 is 0. The second-order valence-corrected chi connectivity index (χ2v) is 5.82. The highest BCUT2D eigenvalue weighted by Gasteiger charge is 2.17. The summed E-state index contributed by atoms with van der Waals surface area (Å²) in [6.07, 6.45) is 2.10. The zero-order chi connectivity index (χ0) is 14.3. The van der Waals surface area contributed by atoms with Crippen molar-refractivity contribution in [2.24, 2.45) is 0 Å². The van der Waals surface area contributed by atoms with Gasteiger partial charge in [0.05, 0.1) is 6.54 Å². The van der Waals surface area contributed by atoms with Crippen LogP contribution in [0.1, 0.15) is 31.6 Å². The zero-order valence-electron chi connectivity index (χ0n) is 11.3. The van der Waals surface area contributed by atoms with Crippen LogP contribution in [0.2, 0.25) is 0 Å². The summed E-state index contributed by atoms with van der Waals surface area (Å²) in [6.45, 7) is 4.84. The first-order valence-corrected chi connectivity index (χ1v) is 7.62. The lowest BCUT2D eigenvalue weighted by Gasteiger charge is -2.31. The number of nitrogens with zero attached hydrogens (tertiary/aromatic N) is 1. The molecule has 1 aromatic heterocycles. The number of aliphatic carboxylic acids is 1. The Morgan fingerprint density at radius 2 is 2.37 bits per heavy atom. The molecule has 19 heavy (non-hydrogen) atoms. The van der Waals surface area contributed by atoms with Crippen LogP contribution < -0.4 is 5.32 Å². The van der Waals surface area contributed by atoms with Gasteiger partial charge in [-0.15, -0.1) is 11.3 Å². The standard InChI is InChI=1S/C13H20N2O2S2/c1-3-5-10(2)15(9-11-6-4-7-19-11)13(18)14-8-12(16)17/h4,6-7,10H,3,5,8-9H2,1-2H3,(H,14,18)(H,16,17). The molecule has 0 fully saturated rings. The fourth-order valence-corrected chi connectivity index (χ4v) is 2.84. The minimum atomic E-state index is -0.901. The average molecular weight is 300 g/mol. The lowest BCUT2D eigenvalue weighted by molar-refractivity contribution is -0.135. The van der Waals surface area contributed by atoms with Gasteiger partial charge in [0.1, 0.15) is 6.54 Å². The molecule has 1 unspecified atom stereocenters. The third-order valence-corrected chi connectivity index (χ3v) is 4.04. The van der Waals surface area contributed by atoms with Crippen LogP contribution in [-0.2, 0) is 11.3 Å². The highest BCUT2D eigenvalue weighted by Crippen LogP contribution is 2.16. The van der Waals surface area contributed by atoms with Gasteiger partial charge in [-0.3, -0.25) is 4.79 Å². The molecule has 6 heteroatoms. The summed E-state index contributed by atoms with van der Waals surface area (Å²) >= 11 is 7.00. The molecule has 0 saturated heterocycles. The van der Waals surface area contributed by atoms with Gasteiger partial charge in [-0.1, -0.05) is 19.4 Å². The summed E-state index contributed by atoms with van der Waals surface area (Å²) in [5.41, 5.74) is 0. The molecule has 0 aromatic carbocycles. The Hall–Kier alpha value is -1.14. The Morgan fingerprint density at radius 1 is 1.63 bits per heavy atom. The molecule has 0 bridgehead atoms. The van der Waals surface area contributed by atoms with E-state index in [0.717, 1.165) is 19.4 Å². The summed E-state index contributed by atoms with van der Waals surface area (Å²) in [4.78, 5) is 13.9. The Labute approximate surface area is 123 Å². The van der Waals surface area contributed by atoms with Crippen molar-refractivity contribution in [1.29, 1.82) is 0 Å². The predicted molar refractivity (Wildman–Crippen MR) is 82.5 cm³/mol. The minimum Gasteiger partial charge on any atom is -0.480 e. The van der Waals surface area contributed by atoms with E-state index >= 15 is 0 Å². The predicted octanol–water partition coefficient (Wildman–Crippen LogP) is 2.70. The summed E-state index contributed by atoms with van der Waals surface area (Å²) in [7, 11) is 0. The van der Waals surface area contributed by atoms with E-state index in [1.54, 1.807) is 11.3 Å². The van der Waals surface area contributed by atoms with E-state index in [9.17, 15) is 4.79 Å². The molecule has 2 N–H and O–H groups in total. The molecule has 0 saturated carbocycles. The summed E-state index contributed by atoms with van der Waals surface area (Å²) in [5.74, 6) is -0.901. The number of carboxylic acids is 1. The number of nitrogens with one attached hydrogen (secondary N) is 1. The highest BCUT2D eigenvalue weighted by atomic mass is 32.1. The number of hydrogen-bond donors (Lipinski definition) is 2. The quantitative estimate of drug-likeness (QED) is 0.758. The van der Waals surface area contributed by atoms with Gasteiger partial charge in [-0.2, -0.15) is 0 Å². The Bertz CT molecular complexity index is 407. The van der Waals surface area contributed by atoms with Crippen LogP contribution >= 0.6 is 23.6 Å². The fourth-order valence-electron chi connectivity index (χ4n) is 1.82. The van der Waals surface area contributed by atoms with Crippen molar-refractivity contribution in [1.82, 2.24) is 10.2 Å². The molecular formula is C13H20N2O2S2. The first-order valence-electron chi connectivity index (χ1n) is 6.33. The highest BCUT2D eigenvalue weighted by molar-refractivity contribution is 7.80. The fraction of sp³-hybridized carbons (Fsp3) is 0.538. The molecule has 1 aromatic rings. The molecular weight excluding hydrogens is 280 g/mol. The number of rotatable bonds is 7. The van der Waals surface area contributed by atoms with Gasteiger partial charge in [0, 0.05) is 10.9 Å². The normalized spacial score (nSPS) is 11.9.